The summed E-state index contributed by atoms with van der Waals surface area (Å²) in [6, 6.07) is 0. The number of amides is 1. The number of carbonyl (C=O) groups is 1. The first kappa shape index (κ1) is 8.37. The highest BCUT2D eigenvalue weighted by atomic mass is 16.4. The van der Waals surface area contributed by atoms with Gasteiger partial charge in [-0.2, -0.15) is 0 Å². The number of hydrogen-bond donors (Lipinski definition) is 1. The third-order valence-corrected chi connectivity index (χ3v) is 2.60. The van der Waals surface area contributed by atoms with E-state index in [2.05, 4.69) is 13.8 Å². The molecule has 0 aliphatic carbocycles. The van der Waals surface area contributed by atoms with Crippen LogP contribution in [0.25, 0.3) is 0 Å². The van der Waals surface area contributed by atoms with Crippen LogP contribution in [0.2, 0.25) is 0 Å². The summed E-state index contributed by atoms with van der Waals surface area (Å²) in [7, 11) is 0. The van der Waals surface area contributed by atoms with Gasteiger partial charge in [0.25, 0.3) is 0 Å². The number of rotatable bonds is 0. The number of nitrogens with zero attached hydrogens (tertiary/aromatic N) is 1. The highest BCUT2D eigenvalue weighted by Crippen LogP contribution is 2.21. The van der Waals surface area contributed by atoms with Gasteiger partial charge in [-0.3, -0.25) is 0 Å². The van der Waals surface area contributed by atoms with E-state index >= 15 is 0 Å². The van der Waals surface area contributed by atoms with Crippen molar-refractivity contribution in [2.24, 2.45) is 11.8 Å². The molecule has 1 aliphatic heterocycles. The number of carboxylic acid groups (broad SMARTS) is 1. The van der Waals surface area contributed by atoms with Gasteiger partial charge in [0, 0.05) is 13.1 Å². The van der Waals surface area contributed by atoms with Crippen molar-refractivity contribution in [3.8, 4) is 0 Å². The molecule has 0 saturated carbocycles. The van der Waals surface area contributed by atoms with E-state index in [1.54, 1.807) is 0 Å². The van der Waals surface area contributed by atoms with Crippen LogP contribution >= 0.6 is 0 Å². The van der Waals surface area contributed by atoms with Crippen molar-refractivity contribution in [2.75, 3.05) is 13.1 Å². The van der Waals surface area contributed by atoms with Gasteiger partial charge in [0.05, 0.1) is 0 Å². The summed E-state index contributed by atoms with van der Waals surface area (Å²) in [4.78, 5) is 12.0. The molecule has 1 aliphatic rings. The average Bonchev–Trinajstić information content (AvgIpc) is 1.94. The molecule has 1 amide bonds. The maximum atomic E-state index is 10.5. The van der Waals surface area contributed by atoms with Gasteiger partial charge in [-0.05, 0) is 18.3 Å². The fourth-order valence-corrected chi connectivity index (χ4v) is 1.44. The molecule has 0 spiro atoms. The molecule has 0 aromatic carbocycles. The lowest BCUT2D eigenvalue weighted by molar-refractivity contribution is 0.106. The lowest BCUT2D eigenvalue weighted by atomic mass is 9.89. The third kappa shape index (κ3) is 1.85. The van der Waals surface area contributed by atoms with Gasteiger partial charge in [-0.25, -0.2) is 4.79 Å². The highest BCUT2D eigenvalue weighted by molar-refractivity contribution is 5.65. The minimum atomic E-state index is -0.774. The van der Waals surface area contributed by atoms with Crippen molar-refractivity contribution in [1.29, 1.82) is 0 Å². The van der Waals surface area contributed by atoms with E-state index < -0.39 is 6.09 Å². The molecule has 3 heteroatoms. The van der Waals surface area contributed by atoms with Crippen LogP contribution in [-0.2, 0) is 0 Å². The summed E-state index contributed by atoms with van der Waals surface area (Å²) >= 11 is 0. The maximum absolute atomic E-state index is 10.5. The minimum Gasteiger partial charge on any atom is -0.465 e. The Hall–Kier alpha value is -0.730. The Bertz CT molecular complexity index is 158. The molecule has 1 heterocycles. The first-order chi connectivity index (χ1) is 5.11. The fraction of sp³-hybridized carbons (Fsp3) is 0.875. The number of piperidine rings is 1. The van der Waals surface area contributed by atoms with E-state index in [9.17, 15) is 4.79 Å². The smallest absolute Gasteiger partial charge is 0.407 e. The molecule has 2 atom stereocenters. The van der Waals surface area contributed by atoms with E-state index in [0.29, 0.717) is 24.9 Å². The Balaban J connectivity index is 2.46. The highest BCUT2D eigenvalue weighted by Gasteiger charge is 2.24. The van der Waals surface area contributed by atoms with Gasteiger partial charge < -0.3 is 10.0 Å². The first-order valence-electron chi connectivity index (χ1n) is 4.09. The predicted molar refractivity (Wildman–Crippen MR) is 42.5 cm³/mol. The predicted octanol–water partition coefficient (Wildman–Crippen LogP) is 1.64. The van der Waals surface area contributed by atoms with Crippen molar-refractivity contribution in [2.45, 2.75) is 20.3 Å². The van der Waals surface area contributed by atoms with Crippen molar-refractivity contribution in [1.82, 2.24) is 4.90 Å². The standard InChI is InChI=1S/C8H15NO2/c1-6-3-4-9(8(10)11)5-7(6)2/h6-7H,3-5H2,1-2H3,(H,10,11). The quantitative estimate of drug-likeness (QED) is 0.580. The van der Waals surface area contributed by atoms with Crippen molar-refractivity contribution in [3.63, 3.8) is 0 Å². The molecular formula is C8H15NO2. The van der Waals surface area contributed by atoms with Gasteiger partial charge in [-0.1, -0.05) is 13.8 Å². The zero-order chi connectivity index (χ0) is 8.43. The molecule has 0 aromatic heterocycles. The Morgan fingerprint density at radius 2 is 2.09 bits per heavy atom. The summed E-state index contributed by atoms with van der Waals surface area (Å²) in [5.74, 6) is 1.19. The minimum absolute atomic E-state index is 0.514. The first-order valence-corrected chi connectivity index (χ1v) is 4.09. The maximum Gasteiger partial charge on any atom is 0.407 e. The molecule has 0 aromatic rings. The van der Waals surface area contributed by atoms with Crippen LogP contribution < -0.4 is 0 Å². The van der Waals surface area contributed by atoms with E-state index in [4.69, 9.17) is 5.11 Å². The fourth-order valence-electron chi connectivity index (χ4n) is 1.44. The molecule has 3 nitrogen and oxygen atoms in total. The second-order valence-corrected chi connectivity index (χ2v) is 3.47. The number of hydrogen-bond acceptors (Lipinski definition) is 1. The largest absolute Gasteiger partial charge is 0.465 e. The summed E-state index contributed by atoms with van der Waals surface area (Å²) < 4.78 is 0. The molecular weight excluding hydrogens is 142 g/mol. The molecule has 1 fully saturated rings. The zero-order valence-corrected chi connectivity index (χ0v) is 7.08. The van der Waals surface area contributed by atoms with Gasteiger partial charge >= 0.3 is 6.09 Å². The van der Waals surface area contributed by atoms with Gasteiger partial charge in [0.2, 0.25) is 0 Å². The SMILES string of the molecule is CC1CCN(C(=O)O)CC1C. The Morgan fingerprint density at radius 3 is 2.55 bits per heavy atom. The summed E-state index contributed by atoms with van der Waals surface area (Å²) in [6.07, 6.45) is 0.233. The van der Waals surface area contributed by atoms with Crippen LogP contribution in [0.4, 0.5) is 4.79 Å². The van der Waals surface area contributed by atoms with Gasteiger partial charge in [-0.15, -0.1) is 0 Å². The van der Waals surface area contributed by atoms with Crippen LogP contribution in [0.3, 0.4) is 0 Å². The van der Waals surface area contributed by atoms with Crippen molar-refractivity contribution >= 4 is 6.09 Å². The van der Waals surface area contributed by atoms with E-state index in [1.807, 2.05) is 0 Å². The molecule has 0 radical (unpaired) electrons. The molecule has 1 N–H and O–H groups in total. The topological polar surface area (TPSA) is 40.5 Å². The molecule has 64 valence electrons. The second-order valence-electron chi connectivity index (χ2n) is 3.47. The van der Waals surface area contributed by atoms with Crippen LogP contribution in [-0.4, -0.2) is 29.2 Å². The van der Waals surface area contributed by atoms with Crippen LogP contribution in [0.1, 0.15) is 20.3 Å². The molecule has 11 heavy (non-hydrogen) atoms. The second kappa shape index (κ2) is 3.11. The van der Waals surface area contributed by atoms with E-state index in [1.165, 1.54) is 4.90 Å². The van der Waals surface area contributed by atoms with Crippen LogP contribution in [0.15, 0.2) is 0 Å². The zero-order valence-electron chi connectivity index (χ0n) is 7.08. The Morgan fingerprint density at radius 1 is 1.45 bits per heavy atom. The summed E-state index contributed by atoms with van der Waals surface area (Å²) in [5.41, 5.74) is 0. The van der Waals surface area contributed by atoms with Gasteiger partial charge in [0.15, 0.2) is 0 Å². The lowest BCUT2D eigenvalue weighted by Crippen LogP contribution is -2.41. The molecule has 1 rings (SSSR count). The van der Waals surface area contributed by atoms with E-state index in [-0.39, 0.29) is 0 Å². The Labute approximate surface area is 67.0 Å². The van der Waals surface area contributed by atoms with Crippen molar-refractivity contribution in [3.05, 3.63) is 0 Å². The normalized spacial score (nSPS) is 32.0. The molecule has 1 saturated heterocycles. The molecule has 0 bridgehead atoms. The summed E-state index contributed by atoms with van der Waals surface area (Å²) in [5, 5.41) is 8.67. The van der Waals surface area contributed by atoms with Crippen molar-refractivity contribution < 1.29 is 9.90 Å². The summed E-state index contributed by atoms with van der Waals surface area (Å²) in [6.45, 7) is 5.71. The third-order valence-electron chi connectivity index (χ3n) is 2.60. The lowest BCUT2D eigenvalue weighted by Gasteiger charge is -2.33. The van der Waals surface area contributed by atoms with E-state index in [0.717, 1.165) is 6.42 Å². The molecule has 2 unspecified atom stereocenters. The number of likely N-dealkylation sites (tertiary alicyclic amines) is 1. The van der Waals surface area contributed by atoms with Crippen LogP contribution in [0.5, 0.6) is 0 Å². The Kier molecular flexibility index (Phi) is 2.37. The van der Waals surface area contributed by atoms with Crippen LogP contribution in [0, 0.1) is 11.8 Å². The van der Waals surface area contributed by atoms with Gasteiger partial charge in [0.1, 0.15) is 0 Å². The monoisotopic (exact) mass is 157 g/mol. The average molecular weight is 157 g/mol.